The summed E-state index contributed by atoms with van der Waals surface area (Å²) in [5.41, 5.74) is 3.46. The highest BCUT2D eigenvalue weighted by molar-refractivity contribution is 8.01. The van der Waals surface area contributed by atoms with Crippen LogP contribution in [0.15, 0.2) is 173 Å². The van der Waals surface area contributed by atoms with Gasteiger partial charge in [0, 0.05) is 37.0 Å². The van der Waals surface area contributed by atoms with Crippen LogP contribution in [0.25, 0.3) is 0 Å². The molecular weight excluding hydrogens is 912 g/mol. The van der Waals surface area contributed by atoms with Crippen LogP contribution in [-0.2, 0) is 36.5 Å². The van der Waals surface area contributed by atoms with Gasteiger partial charge in [0.15, 0.2) is 6.10 Å². The van der Waals surface area contributed by atoms with Crippen molar-refractivity contribution >= 4 is 63.7 Å². The number of carbonyl (C=O) groups is 3. The number of benzene rings is 5. The maximum atomic E-state index is 14.6. The molecule has 15 nitrogen and oxygen atoms in total. The standard InChI is InChI=1S/C48H41FN10O5S3/c1-30(49)64-54-37(41-51-46(67-55-41)52-48(34-22-12-5-13-23-34,35-24-14-6-15-25-35)36-26-16-7-17-27-36)42(60)50-38-43(61)59-39(33(28-65-44(38)59)29-66-47-53-56-57-58(47)2)45(62)63-40(31-18-8-3-9-19-31)32-20-10-4-11-21-32/h3-27,30,38,40,44H,28-29H2,1-2H3,(H,50,60)(H,51,52,55)/t30?,38-,44-/m1/s1. The molecule has 19 heteroatoms. The lowest BCUT2D eigenvalue weighted by Crippen LogP contribution is -2.71. The zero-order valence-electron chi connectivity index (χ0n) is 35.9. The number of β-lactam (4-membered cyclic amide) rings is 1. The summed E-state index contributed by atoms with van der Waals surface area (Å²) in [7, 11) is 1.71. The molecule has 2 amide bonds. The molecule has 0 bridgehead atoms. The average Bonchev–Trinajstić information content (AvgIpc) is 4.02. The number of thioether (sulfide) groups is 2. The van der Waals surface area contributed by atoms with Crippen molar-refractivity contribution in [1.82, 2.24) is 39.8 Å². The third kappa shape index (κ3) is 9.43. The van der Waals surface area contributed by atoms with E-state index >= 15 is 0 Å². The normalized spacial score (nSPS) is 16.5. The molecule has 2 N–H and O–H groups in total. The summed E-state index contributed by atoms with van der Waals surface area (Å²) in [6.45, 7) is 1.12. The highest BCUT2D eigenvalue weighted by Crippen LogP contribution is 2.44. The number of ether oxygens (including phenoxy) is 1. The molecule has 3 atom stereocenters. The van der Waals surface area contributed by atoms with E-state index in [1.807, 2.05) is 152 Å². The van der Waals surface area contributed by atoms with Crippen LogP contribution in [0.2, 0.25) is 0 Å². The molecule has 1 saturated heterocycles. The van der Waals surface area contributed by atoms with Gasteiger partial charge >= 0.3 is 5.97 Å². The summed E-state index contributed by atoms with van der Waals surface area (Å²) < 4.78 is 26.6. The fraction of sp³-hybridized carbons (Fsp3) is 0.188. The van der Waals surface area contributed by atoms with E-state index in [0.29, 0.717) is 21.6 Å². The number of nitrogens with zero attached hydrogens (tertiary/aromatic N) is 8. The van der Waals surface area contributed by atoms with Crippen molar-refractivity contribution in [2.75, 3.05) is 16.8 Å². The van der Waals surface area contributed by atoms with Gasteiger partial charge in [-0.15, -0.1) is 16.9 Å². The molecular formula is C48H41FN10O5S3. The van der Waals surface area contributed by atoms with E-state index in [-0.39, 0.29) is 17.3 Å². The minimum Gasteiger partial charge on any atom is -0.448 e. The predicted octanol–water partition coefficient (Wildman–Crippen LogP) is 7.28. The summed E-state index contributed by atoms with van der Waals surface area (Å²) in [6, 6.07) is 47.1. The Balaban J connectivity index is 1.00. The molecule has 9 rings (SSSR count). The fourth-order valence-corrected chi connectivity index (χ4v) is 10.8. The minimum atomic E-state index is -1.89. The number of carbonyl (C=O) groups excluding carboxylic acids is 3. The van der Waals surface area contributed by atoms with E-state index in [0.717, 1.165) is 46.3 Å². The number of oxime groups is 1. The largest absolute Gasteiger partial charge is 0.448 e. The number of hydrogen-bond acceptors (Lipinski definition) is 15. The van der Waals surface area contributed by atoms with Gasteiger partial charge in [-0.2, -0.15) is 13.7 Å². The van der Waals surface area contributed by atoms with E-state index in [9.17, 15) is 18.8 Å². The molecule has 1 unspecified atom stereocenters. The molecule has 7 aromatic rings. The van der Waals surface area contributed by atoms with Crippen LogP contribution >= 0.6 is 35.1 Å². The van der Waals surface area contributed by atoms with Gasteiger partial charge in [-0.3, -0.25) is 14.5 Å². The highest BCUT2D eigenvalue weighted by Gasteiger charge is 2.55. The van der Waals surface area contributed by atoms with E-state index in [4.69, 9.17) is 14.6 Å². The SMILES string of the molecule is CC(F)ON=C(C(=O)N[C@@H]1C(=O)N2C(C(=O)OC(c3ccccc3)c3ccccc3)=C(CSc3nnnn3C)CS[C@H]12)c1nsc(NC(c2ccccc2)(c2ccccc2)c2ccccc2)n1. The lowest BCUT2D eigenvalue weighted by atomic mass is 9.77. The van der Waals surface area contributed by atoms with E-state index in [2.05, 4.69) is 35.7 Å². The lowest BCUT2D eigenvalue weighted by molar-refractivity contribution is -0.154. The molecule has 0 radical (unpaired) electrons. The third-order valence-corrected chi connectivity index (χ3v) is 14.0. The predicted molar refractivity (Wildman–Crippen MR) is 253 cm³/mol. The first kappa shape index (κ1) is 45.0. The van der Waals surface area contributed by atoms with Gasteiger partial charge in [0.05, 0.1) is 0 Å². The number of aryl methyl sites for hydroxylation is 1. The molecule has 2 aliphatic rings. The number of fused-ring (bicyclic) bond motifs is 1. The summed E-state index contributed by atoms with van der Waals surface area (Å²) in [4.78, 5) is 54.2. The third-order valence-electron chi connectivity index (χ3n) is 11.0. The monoisotopic (exact) mass is 952 g/mol. The van der Waals surface area contributed by atoms with Gasteiger partial charge in [-0.05, 0) is 43.8 Å². The Morgan fingerprint density at radius 2 is 1.42 bits per heavy atom. The van der Waals surface area contributed by atoms with Crippen molar-refractivity contribution in [3.05, 3.63) is 197 Å². The Morgan fingerprint density at radius 1 is 0.866 bits per heavy atom. The molecule has 0 spiro atoms. The first-order valence-corrected chi connectivity index (χ1v) is 23.8. The summed E-state index contributed by atoms with van der Waals surface area (Å²) in [6.07, 6.45) is -2.68. The number of esters is 1. The number of hydrogen-bond donors (Lipinski definition) is 2. The molecule has 2 aromatic heterocycles. The zero-order chi connectivity index (χ0) is 46.3. The van der Waals surface area contributed by atoms with Crippen molar-refractivity contribution < 1.29 is 28.3 Å². The van der Waals surface area contributed by atoms with Gasteiger partial charge in [0.1, 0.15) is 22.7 Å². The lowest BCUT2D eigenvalue weighted by Gasteiger charge is -2.49. The van der Waals surface area contributed by atoms with Gasteiger partial charge in [0.2, 0.25) is 21.8 Å². The minimum absolute atomic E-state index is 0.0674. The Labute approximate surface area is 397 Å². The number of halogens is 1. The number of nitrogens with one attached hydrogen (secondary N) is 2. The highest BCUT2D eigenvalue weighted by atomic mass is 32.2. The van der Waals surface area contributed by atoms with Gasteiger partial charge in [-0.1, -0.05) is 169 Å². The van der Waals surface area contributed by atoms with Crippen molar-refractivity contribution in [2.45, 2.75) is 41.5 Å². The van der Waals surface area contributed by atoms with E-state index < -0.39 is 52.9 Å². The number of aromatic nitrogens is 6. The van der Waals surface area contributed by atoms with Crippen LogP contribution in [0, 0.1) is 0 Å². The molecule has 4 heterocycles. The van der Waals surface area contributed by atoms with Gasteiger partial charge in [-0.25, -0.2) is 9.48 Å². The number of alkyl halides is 1. The van der Waals surface area contributed by atoms with Crippen LogP contribution < -0.4 is 10.6 Å². The average molecular weight is 953 g/mol. The number of amides is 2. The quantitative estimate of drug-likeness (QED) is 0.0233. The Bertz CT molecular complexity index is 2770. The maximum absolute atomic E-state index is 14.6. The molecule has 5 aromatic carbocycles. The topological polar surface area (TPSA) is 179 Å². The first-order chi connectivity index (χ1) is 32.7. The fourth-order valence-electron chi connectivity index (χ4n) is 7.86. The Kier molecular flexibility index (Phi) is 13.5. The number of tetrazole rings is 1. The molecule has 1 fully saturated rings. The second kappa shape index (κ2) is 20.1. The van der Waals surface area contributed by atoms with Crippen LogP contribution in [0.1, 0.15) is 46.7 Å². The Morgan fingerprint density at radius 3 is 1.94 bits per heavy atom. The van der Waals surface area contributed by atoms with Gasteiger partial charge < -0.3 is 20.2 Å². The van der Waals surface area contributed by atoms with Crippen molar-refractivity contribution in [2.24, 2.45) is 12.2 Å². The van der Waals surface area contributed by atoms with E-state index in [1.54, 1.807) is 7.05 Å². The summed E-state index contributed by atoms with van der Waals surface area (Å²) in [5, 5.41) is 22.0. The number of rotatable bonds is 17. The van der Waals surface area contributed by atoms with Crippen LogP contribution in [0.5, 0.6) is 0 Å². The van der Waals surface area contributed by atoms with Crippen molar-refractivity contribution in [3.63, 3.8) is 0 Å². The maximum Gasteiger partial charge on any atom is 0.356 e. The second-order valence-corrected chi connectivity index (χ2v) is 18.1. The first-order valence-electron chi connectivity index (χ1n) is 21.0. The summed E-state index contributed by atoms with van der Waals surface area (Å²) in [5.74, 6) is -1.76. The zero-order valence-corrected chi connectivity index (χ0v) is 38.3. The van der Waals surface area contributed by atoms with Crippen LogP contribution in [0.3, 0.4) is 0 Å². The molecule has 67 heavy (non-hydrogen) atoms. The van der Waals surface area contributed by atoms with E-state index in [1.165, 1.54) is 33.1 Å². The molecule has 338 valence electrons. The second-order valence-electron chi connectivity index (χ2n) is 15.3. The molecule has 2 aliphatic heterocycles. The van der Waals surface area contributed by atoms with Crippen molar-refractivity contribution in [3.8, 4) is 0 Å². The number of anilines is 1. The molecule has 0 saturated carbocycles. The van der Waals surface area contributed by atoms with Crippen molar-refractivity contribution in [1.29, 1.82) is 0 Å². The van der Waals surface area contributed by atoms with Gasteiger partial charge in [0.25, 0.3) is 18.2 Å². The Hall–Kier alpha value is -7.22. The summed E-state index contributed by atoms with van der Waals surface area (Å²) >= 11 is 3.64. The molecule has 0 aliphatic carbocycles. The van der Waals surface area contributed by atoms with Crippen LogP contribution in [0.4, 0.5) is 9.52 Å². The smallest absolute Gasteiger partial charge is 0.356 e. The van der Waals surface area contributed by atoms with Crippen LogP contribution in [-0.4, -0.2) is 87.2 Å².